The molecule has 0 aliphatic heterocycles. The summed E-state index contributed by atoms with van der Waals surface area (Å²) in [4.78, 5) is 3.76. The molecule has 2 rings (SSSR count). The molecule has 0 radical (unpaired) electrons. The van der Waals surface area contributed by atoms with Crippen molar-refractivity contribution in [3.63, 3.8) is 0 Å². The van der Waals surface area contributed by atoms with Crippen LogP contribution in [0.3, 0.4) is 0 Å². The Balaban J connectivity index is 2.38. The first-order chi connectivity index (χ1) is 9.29. The SMILES string of the molecule is O=S(=O)(Nc1cc(Cl)c(O)c(Cl)c1)c1cncc(Br)c1. The van der Waals surface area contributed by atoms with Gasteiger partial charge in [-0.2, -0.15) is 0 Å². The fourth-order valence-electron chi connectivity index (χ4n) is 1.38. The summed E-state index contributed by atoms with van der Waals surface area (Å²) in [6.45, 7) is 0. The van der Waals surface area contributed by atoms with Crippen LogP contribution >= 0.6 is 39.1 Å². The highest BCUT2D eigenvalue weighted by Gasteiger charge is 2.16. The topological polar surface area (TPSA) is 79.3 Å². The number of anilines is 1. The molecule has 0 amide bonds. The van der Waals surface area contributed by atoms with Gasteiger partial charge >= 0.3 is 0 Å². The van der Waals surface area contributed by atoms with Crippen LogP contribution in [0, 0.1) is 0 Å². The molecule has 1 aromatic heterocycles. The zero-order chi connectivity index (χ0) is 14.9. The van der Waals surface area contributed by atoms with Crippen LogP contribution in [-0.4, -0.2) is 18.5 Å². The second kappa shape index (κ2) is 5.77. The molecule has 20 heavy (non-hydrogen) atoms. The number of aromatic nitrogens is 1. The average molecular weight is 398 g/mol. The summed E-state index contributed by atoms with van der Waals surface area (Å²) in [6.07, 6.45) is 2.67. The molecule has 0 bridgehead atoms. The average Bonchev–Trinajstić information content (AvgIpc) is 2.35. The highest BCUT2D eigenvalue weighted by molar-refractivity contribution is 9.10. The molecule has 5 nitrogen and oxygen atoms in total. The van der Waals surface area contributed by atoms with E-state index in [2.05, 4.69) is 25.6 Å². The van der Waals surface area contributed by atoms with Crippen molar-refractivity contribution in [3.05, 3.63) is 45.1 Å². The van der Waals surface area contributed by atoms with E-state index in [-0.39, 0.29) is 26.4 Å². The first kappa shape index (κ1) is 15.4. The first-order valence-electron chi connectivity index (χ1n) is 5.11. The molecule has 2 N–H and O–H groups in total. The van der Waals surface area contributed by atoms with Crippen LogP contribution in [-0.2, 0) is 10.0 Å². The van der Waals surface area contributed by atoms with E-state index in [4.69, 9.17) is 23.2 Å². The molecule has 0 saturated heterocycles. The molecule has 9 heteroatoms. The molecule has 0 aliphatic rings. The number of halogens is 3. The van der Waals surface area contributed by atoms with Crippen LogP contribution in [0.2, 0.25) is 10.0 Å². The third-order valence-electron chi connectivity index (χ3n) is 2.26. The van der Waals surface area contributed by atoms with Gasteiger partial charge in [-0.15, -0.1) is 0 Å². The zero-order valence-electron chi connectivity index (χ0n) is 9.64. The van der Waals surface area contributed by atoms with Crippen LogP contribution in [0.25, 0.3) is 0 Å². The van der Waals surface area contributed by atoms with Crippen LogP contribution in [0.15, 0.2) is 40.0 Å². The number of nitrogens with one attached hydrogen (secondary N) is 1. The number of phenols is 1. The van der Waals surface area contributed by atoms with E-state index in [9.17, 15) is 13.5 Å². The summed E-state index contributed by atoms with van der Waals surface area (Å²) in [5.41, 5.74) is 0.137. The fraction of sp³-hybridized carbons (Fsp3) is 0. The van der Waals surface area contributed by atoms with Gasteiger partial charge in [0, 0.05) is 16.9 Å². The Labute approximate surface area is 133 Å². The standard InChI is InChI=1S/C11H7BrCl2N2O3S/c12-6-1-8(5-15-4-6)20(18,19)16-7-2-9(13)11(17)10(14)3-7/h1-5,16-17H. The van der Waals surface area contributed by atoms with E-state index in [0.717, 1.165) is 0 Å². The molecule has 1 heterocycles. The molecule has 0 fully saturated rings. The summed E-state index contributed by atoms with van der Waals surface area (Å²) >= 11 is 14.6. The number of phenolic OH excluding ortho intramolecular Hbond substituents is 1. The number of benzene rings is 1. The van der Waals surface area contributed by atoms with Crippen LogP contribution in [0.1, 0.15) is 0 Å². The number of hydrogen-bond donors (Lipinski definition) is 2. The highest BCUT2D eigenvalue weighted by atomic mass is 79.9. The molecule has 0 saturated carbocycles. The van der Waals surface area contributed by atoms with Crippen molar-refractivity contribution in [1.82, 2.24) is 4.98 Å². The number of hydrogen-bond acceptors (Lipinski definition) is 4. The predicted molar refractivity (Wildman–Crippen MR) is 80.9 cm³/mol. The van der Waals surface area contributed by atoms with Crippen LogP contribution in [0.4, 0.5) is 5.69 Å². The Hall–Kier alpha value is -1.02. The lowest BCUT2D eigenvalue weighted by atomic mass is 10.3. The molecule has 106 valence electrons. The maximum atomic E-state index is 12.1. The quantitative estimate of drug-likeness (QED) is 0.774. The van der Waals surface area contributed by atoms with Gasteiger partial charge in [-0.25, -0.2) is 8.42 Å². The van der Waals surface area contributed by atoms with Gasteiger partial charge in [0.25, 0.3) is 10.0 Å². The van der Waals surface area contributed by atoms with Crippen molar-refractivity contribution in [2.45, 2.75) is 4.90 Å². The minimum absolute atomic E-state index is 0.0211. The third kappa shape index (κ3) is 3.35. The summed E-state index contributed by atoms with van der Waals surface area (Å²) in [6, 6.07) is 3.91. The molecule has 1 aromatic carbocycles. The largest absolute Gasteiger partial charge is 0.505 e. The molecule has 0 spiro atoms. The summed E-state index contributed by atoms with van der Waals surface area (Å²) in [7, 11) is -3.82. The van der Waals surface area contributed by atoms with Crippen molar-refractivity contribution in [2.24, 2.45) is 0 Å². The molecule has 0 aliphatic carbocycles. The molecule has 2 aromatic rings. The molecule has 0 unspecified atom stereocenters. The van der Waals surface area contributed by atoms with Crippen molar-refractivity contribution in [3.8, 4) is 5.75 Å². The van der Waals surface area contributed by atoms with Gasteiger partial charge in [0.15, 0.2) is 5.75 Å². The lowest BCUT2D eigenvalue weighted by Gasteiger charge is -2.10. The number of aromatic hydroxyl groups is 1. The van der Waals surface area contributed by atoms with Gasteiger partial charge in [-0.1, -0.05) is 23.2 Å². The number of nitrogens with zero attached hydrogens (tertiary/aromatic N) is 1. The summed E-state index contributed by atoms with van der Waals surface area (Å²) < 4.78 is 27.1. The van der Waals surface area contributed by atoms with Crippen LogP contribution in [0.5, 0.6) is 5.75 Å². The Bertz CT molecular complexity index is 745. The van der Waals surface area contributed by atoms with Crippen molar-refractivity contribution < 1.29 is 13.5 Å². The van der Waals surface area contributed by atoms with Gasteiger partial charge in [0.1, 0.15) is 4.90 Å². The Morgan fingerprint density at radius 3 is 2.30 bits per heavy atom. The Morgan fingerprint density at radius 1 is 1.15 bits per heavy atom. The van der Waals surface area contributed by atoms with Crippen molar-refractivity contribution in [2.75, 3.05) is 4.72 Å². The van der Waals surface area contributed by atoms with Gasteiger partial charge in [0.05, 0.1) is 15.7 Å². The van der Waals surface area contributed by atoms with Gasteiger partial charge in [-0.05, 0) is 34.1 Å². The molecular formula is C11H7BrCl2N2O3S. The van der Waals surface area contributed by atoms with Gasteiger partial charge in [0.2, 0.25) is 0 Å². The van der Waals surface area contributed by atoms with E-state index in [1.807, 2.05) is 0 Å². The van der Waals surface area contributed by atoms with Crippen molar-refractivity contribution in [1.29, 1.82) is 0 Å². The van der Waals surface area contributed by atoms with Gasteiger partial charge < -0.3 is 5.11 Å². The summed E-state index contributed by atoms with van der Waals surface area (Å²) in [5, 5.41) is 9.32. The minimum atomic E-state index is -3.82. The second-order valence-corrected chi connectivity index (χ2v) is 7.15. The monoisotopic (exact) mass is 396 g/mol. The van der Waals surface area contributed by atoms with Crippen LogP contribution < -0.4 is 4.72 Å². The van der Waals surface area contributed by atoms with Crippen molar-refractivity contribution >= 4 is 54.8 Å². The number of rotatable bonds is 3. The second-order valence-electron chi connectivity index (χ2n) is 3.73. The highest BCUT2D eigenvalue weighted by Crippen LogP contribution is 2.35. The lowest BCUT2D eigenvalue weighted by molar-refractivity contribution is 0.476. The number of sulfonamides is 1. The lowest BCUT2D eigenvalue weighted by Crippen LogP contribution is -2.13. The fourth-order valence-corrected chi connectivity index (χ4v) is 3.41. The zero-order valence-corrected chi connectivity index (χ0v) is 13.6. The van der Waals surface area contributed by atoms with Gasteiger partial charge in [-0.3, -0.25) is 9.71 Å². The molecular weight excluding hydrogens is 391 g/mol. The van der Waals surface area contributed by atoms with E-state index < -0.39 is 10.0 Å². The summed E-state index contributed by atoms with van der Waals surface area (Å²) in [5.74, 6) is -0.305. The number of pyridine rings is 1. The van der Waals surface area contributed by atoms with E-state index in [1.165, 1.54) is 30.6 Å². The molecule has 0 atom stereocenters. The Morgan fingerprint density at radius 2 is 1.75 bits per heavy atom. The third-order valence-corrected chi connectivity index (χ3v) is 4.62. The smallest absolute Gasteiger partial charge is 0.263 e. The van der Waals surface area contributed by atoms with E-state index in [1.54, 1.807) is 0 Å². The predicted octanol–water partition coefficient (Wildman–Crippen LogP) is 3.66. The maximum absolute atomic E-state index is 12.1. The first-order valence-corrected chi connectivity index (χ1v) is 8.14. The van der Waals surface area contributed by atoms with E-state index in [0.29, 0.717) is 4.47 Å². The van der Waals surface area contributed by atoms with E-state index >= 15 is 0 Å². The maximum Gasteiger partial charge on any atom is 0.263 e. The normalized spacial score (nSPS) is 11.3. The Kier molecular flexibility index (Phi) is 4.43. The minimum Gasteiger partial charge on any atom is -0.505 e.